The van der Waals surface area contributed by atoms with Crippen molar-refractivity contribution in [2.24, 2.45) is 14.1 Å². The maximum Gasteiger partial charge on any atom is 0.252 e. The molecule has 0 saturated carbocycles. The van der Waals surface area contributed by atoms with Crippen molar-refractivity contribution < 1.29 is 26.7 Å². The molecule has 0 aliphatic carbocycles. The van der Waals surface area contributed by atoms with Crippen LogP contribution >= 0.6 is 0 Å². The monoisotopic (exact) mass is 346 g/mol. The van der Waals surface area contributed by atoms with E-state index in [1.165, 1.54) is 11.6 Å². The molecule has 23 heavy (non-hydrogen) atoms. The number of aromatic nitrogens is 4. The van der Waals surface area contributed by atoms with Gasteiger partial charge in [-0.1, -0.05) is 0 Å². The molecule has 0 fully saturated rings. The topological polar surface area (TPSA) is 97.9 Å². The van der Waals surface area contributed by atoms with Crippen molar-refractivity contribution in [3.8, 4) is 0 Å². The smallest absolute Gasteiger partial charge is 0.252 e. The first-order valence-corrected chi connectivity index (χ1v) is 8.53. The van der Waals surface area contributed by atoms with Gasteiger partial charge in [-0.05, 0) is 13.8 Å². The molecule has 0 bridgehead atoms. The highest BCUT2D eigenvalue weighted by atomic mass is 32.3. The van der Waals surface area contributed by atoms with E-state index < -0.39 is 10.4 Å². The normalized spacial score (nSPS) is 10.4. The highest BCUT2D eigenvalue weighted by molar-refractivity contribution is 7.79. The van der Waals surface area contributed by atoms with Gasteiger partial charge in [0, 0.05) is 24.2 Å². The van der Waals surface area contributed by atoms with E-state index in [4.69, 9.17) is 17.5 Å². The van der Waals surface area contributed by atoms with Gasteiger partial charge in [-0.15, -0.1) is 0 Å². The average Bonchev–Trinajstić information content (AvgIpc) is 2.93. The molecule has 0 atom stereocenters. The van der Waals surface area contributed by atoms with Crippen molar-refractivity contribution in [2.45, 2.75) is 40.8 Å². The van der Waals surface area contributed by atoms with Crippen LogP contribution in [-0.2, 0) is 37.6 Å². The third-order valence-corrected chi connectivity index (χ3v) is 3.47. The second-order valence-corrected chi connectivity index (χ2v) is 5.71. The van der Waals surface area contributed by atoms with Gasteiger partial charge in [0.05, 0.1) is 27.2 Å². The molecule has 0 N–H and O–H groups in total. The second kappa shape index (κ2) is 9.43. The molecular weight excluding hydrogens is 320 g/mol. The summed E-state index contributed by atoms with van der Waals surface area (Å²) < 4.78 is 42.7. The lowest BCUT2D eigenvalue weighted by Crippen LogP contribution is -2.33. The van der Waals surface area contributed by atoms with Crippen molar-refractivity contribution in [1.82, 2.24) is 9.13 Å². The van der Waals surface area contributed by atoms with Crippen LogP contribution in [0.2, 0.25) is 0 Å². The molecule has 2 rings (SSSR count). The predicted octanol–water partition coefficient (Wildman–Crippen LogP) is -0.0562. The fourth-order valence-corrected chi connectivity index (χ4v) is 1.87. The van der Waals surface area contributed by atoms with E-state index in [0.717, 1.165) is 13.1 Å². The van der Waals surface area contributed by atoms with Gasteiger partial charge in [0.25, 0.3) is 11.6 Å². The Kier molecular flexibility index (Phi) is 8.73. The average molecular weight is 346 g/mol. The molecule has 8 nitrogen and oxygen atoms in total. The summed E-state index contributed by atoms with van der Waals surface area (Å²) in [5, 5.41) is 0. The Morgan fingerprint density at radius 1 is 0.913 bits per heavy atom. The fourth-order valence-electron chi connectivity index (χ4n) is 1.87. The number of aryl methyl sites for hydroxylation is 4. The van der Waals surface area contributed by atoms with Crippen LogP contribution in [0.1, 0.15) is 25.5 Å². The molecular formula is C14H26N4O4S. The first-order valence-electron chi connectivity index (χ1n) is 7.20. The lowest BCUT2D eigenvalue weighted by atomic mass is 10.6. The SMILES string of the molecule is CC[n+]1ccn(C)c1C.CC[n+]1ccn(C)c1C.O=S(=O)([O-])[O-]. The van der Waals surface area contributed by atoms with Crippen molar-refractivity contribution >= 4 is 10.4 Å². The summed E-state index contributed by atoms with van der Waals surface area (Å²) in [4.78, 5) is 0. The lowest BCUT2D eigenvalue weighted by molar-refractivity contribution is -0.699. The van der Waals surface area contributed by atoms with E-state index in [1.54, 1.807) is 0 Å². The van der Waals surface area contributed by atoms with E-state index >= 15 is 0 Å². The van der Waals surface area contributed by atoms with Gasteiger partial charge in [-0.2, -0.15) is 0 Å². The summed E-state index contributed by atoms with van der Waals surface area (Å²) in [7, 11) is -1.05. The summed E-state index contributed by atoms with van der Waals surface area (Å²) in [5.41, 5.74) is 0. The Balaban J connectivity index is 0.000000332. The molecule has 0 radical (unpaired) electrons. The van der Waals surface area contributed by atoms with E-state index in [1.807, 2.05) is 0 Å². The molecule has 0 spiro atoms. The van der Waals surface area contributed by atoms with Crippen LogP contribution in [0.4, 0.5) is 0 Å². The van der Waals surface area contributed by atoms with Gasteiger partial charge in [0.1, 0.15) is 24.8 Å². The van der Waals surface area contributed by atoms with Crippen LogP contribution < -0.4 is 9.13 Å². The molecule has 0 unspecified atom stereocenters. The summed E-state index contributed by atoms with van der Waals surface area (Å²) in [6.07, 6.45) is 8.32. The number of hydrogen-bond donors (Lipinski definition) is 0. The molecule has 2 heterocycles. The number of nitrogens with zero attached hydrogens (tertiary/aromatic N) is 4. The minimum absolute atomic E-state index is 1.06. The second-order valence-electron chi connectivity index (χ2n) is 4.89. The Hall–Kier alpha value is -1.71. The standard InChI is InChI=1S/2C7H13N2.H2O4S/c2*1-4-9-6-5-8(3)7(9)2;1-5(2,3)4/h2*5-6H,4H2,1-3H3;(H2,1,2,3,4)/q2*+1;/p-2. The van der Waals surface area contributed by atoms with E-state index in [0.29, 0.717) is 0 Å². The zero-order valence-corrected chi connectivity index (χ0v) is 15.4. The first kappa shape index (κ1) is 21.3. The van der Waals surface area contributed by atoms with Crippen LogP contribution in [-0.4, -0.2) is 26.7 Å². The fraction of sp³-hybridized carbons (Fsp3) is 0.571. The molecule has 0 aliphatic heterocycles. The molecule has 0 saturated heterocycles. The molecule has 2 aromatic rings. The van der Waals surface area contributed by atoms with E-state index in [9.17, 15) is 0 Å². The molecule has 0 aliphatic rings. The van der Waals surface area contributed by atoms with Crippen molar-refractivity contribution in [3.63, 3.8) is 0 Å². The Morgan fingerprint density at radius 2 is 1.17 bits per heavy atom. The van der Waals surface area contributed by atoms with Gasteiger partial charge in [0.15, 0.2) is 0 Å². The molecule has 2 aromatic heterocycles. The number of rotatable bonds is 2. The summed E-state index contributed by atoms with van der Waals surface area (Å²) in [6.45, 7) is 10.6. The summed E-state index contributed by atoms with van der Waals surface area (Å²) >= 11 is 0. The highest BCUT2D eigenvalue weighted by Gasteiger charge is 2.04. The Labute approximate surface area is 138 Å². The quantitative estimate of drug-likeness (QED) is 0.432. The minimum Gasteiger partial charge on any atom is -0.759 e. The Morgan fingerprint density at radius 3 is 1.26 bits per heavy atom. The van der Waals surface area contributed by atoms with Gasteiger partial charge in [-0.3, -0.25) is 8.42 Å². The Bertz CT molecular complexity index is 650. The number of imidazole rings is 2. The van der Waals surface area contributed by atoms with Crippen LogP contribution in [0.5, 0.6) is 0 Å². The minimum atomic E-state index is -5.17. The molecule has 9 heteroatoms. The molecule has 132 valence electrons. The highest BCUT2D eigenvalue weighted by Crippen LogP contribution is 1.87. The zero-order chi connectivity index (χ0) is 18.2. The first-order chi connectivity index (χ1) is 10.5. The summed E-state index contributed by atoms with van der Waals surface area (Å²) in [6, 6.07) is 0. The van der Waals surface area contributed by atoms with Gasteiger partial charge in [-0.25, -0.2) is 18.3 Å². The molecule has 0 amide bonds. The number of hydrogen-bond acceptors (Lipinski definition) is 4. The maximum atomic E-state index is 8.52. The third-order valence-electron chi connectivity index (χ3n) is 3.47. The predicted molar refractivity (Wildman–Crippen MR) is 82.5 cm³/mol. The van der Waals surface area contributed by atoms with Crippen molar-refractivity contribution in [3.05, 3.63) is 36.4 Å². The van der Waals surface area contributed by atoms with Crippen molar-refractivity contribution in [1.29, 1.82) is 0 Å². The zero-order valence-electron chi connectivity index (χ0n) is 14.6. The van der Waals surface area contributed by atoms with Crippen molar-refractivity contribution in [2.75, 3.05) is 0 Å². The third kappa shape index (κ3) is 8.48. The van der Waals surface area contributed by atoms with E-state index in [-0.39, 0.29) is 0 Å². The van der Waals surface area contributed by atoms with E-state index in [2.05, 4.69) is 84.8 Å². The van der Waals surface area contributed by atoms with Crippen LogP contribution in [0.3, 0.4) is 0 Å². The van der Waals surface area contributed by atoms with Gasteiger partial charge in [0.2, 0.25) is 0 Å². The van der Waals surface area contributed by atoms with Gasteiger partial charge >= 0.3 is 0 Å². The van der Waals surface area contributed by atoms with Crippen LogP contribution in [0.25, 0.3) is 0 Å². The summed E-state index contributed by atoms with van der Waals surface area (Å²) in [5.74, 6) is 2.61. The lowest BCUT2D eigenvalue weighted by Gasteiger charge is -2.06. The largest absolute Gasteiger partial charge is 0.759 e. The maximum absolute atomic E-state index is 8.52. The van der Waals surface area contributed by atoms with Crippen LogP contribution in [0.15, 0.2) is 24.8 Å². The van der Waals surface area contributed by atoms with Gasteiger partial charge < -0.3 is 9.11 Å². The van der Waals surface area contributed by atoms with Crippen LogP contribution in [0, 0.1) is 13.8 Å². The molecule has 0 aromatic carbocycles.